The Hall–Kier alpha value is 1.48. The van der Waals surface area contributed by atoms with Gasteiger partial charge in [0, 0.05) is 0 Å². The van der Waals surface area contributed by atoms with Gasteiger partial charge in [0.15, 0.2) is 0 Å². The second-order valence-electron chi connectivity index (χ2n) is 1.90. The van der Waals surface area contributed by atoms with Gasteiger partial charge in [0.25, 0.3) is 0 Å². The molecule has 1 rings (SSSR count). The summed E-state index contributed by atoms with van der Waals surface area (Å²) in [5.41, 5.74) is 0. The second-order valence-corrected chi connectivity index (χ2v) is 1.90. The topological polar surface area (TPSA) is 17.1 Å². The van der Waals surface area contributed by atoms with Crippen LogP contribution in [0.5, 0.6) is 0 Å². The predicted octanol–water partition coefficient (Wildman–Crippen LogP) is -1.66. The van der Waals surface area contributed by atoms with Crippen LogP contribution >= 0.6 is 0 Å². The SMILES string of the molecule is O=C1CC[CH-]CC1.[Rb+]. The molecule has 0 aliphatic heterocycles. The number of hydrogen-bond donors (Lipinski definition) is 0. The van der Waals surface area contributed by atoms with Crippen LogP contribution in [0.4, 0.5) is 0 Å². The van der Waals surface area contributed by atoms with Crippen LogP contribution in [-0.4, -0.2) is 5.78 Å². The van der Waals surface area contributed by atoms with E-state index >= 15 is 0 Å². The van der Waals surface area contributed by atoms with Crippen molar-refractivity contribution >= 4 is 5.78 Å². The summed E-state index contributed by atoms with van der Waals surface area (Å²) in [6, 6.07) is 0. The van der Waals surface area contributed by atoms with Gasteiger partial charge in [0.05, 0.1) is 0 Å². The first kappa shape index (κ1) is 9.48. The smallest absolute Gasteiger partial charge is 0.328 e. The summed E-state index contributed by atoms with van der Waals surface area (Å²) in [5.74, 6) is 0.433. The maximum atomic E-state index is 10.4. The molecule has 1 aliphatic rings. The fraction of sp³-hybridized carbons (Fsp3) is 0.667. The van der Waals surface area contributed by atoms with Gasteiger partial charge in [-0.05, 0) is 12.8 Å². The van der Waals surface area contributed by atoms with Crippen LogP contribution in [0.3, 0.4) is 0 Å². The summed E-state index contributed by atoms with van der Waals surface area (Å²) in [4.78, 5) is 10.4. The molecule has 40 valence electrons. The van der Waals surface area contributed by atoms with Crippen LogP contribution < -0.4 is 58.2 Å². The molecule has 0 saturated heterocycles. The van der Waals surface area contributed by atoms with Gasteiger partial charge >= 0.3 is 58.2 Å². The van der Waals surface area contributed by atoms with Crippen molar-refractivity contribution in [2.45, 2.75) is 25.7 Å². The minimum Gasteiger partial charge on any atom is -0.328 e. The standard InChI is InChI=1S/C6H9O.Rb/c7-6-4-2-1-3-5-6;/h1H,2-5H2;/q-1;+1. The molecule has 0 unspecified atom stereocenters. The Morgan fingerprint density at radius 3 is 2.00 bits per heavy atom. The second kappa shape index (κ2) is 5.27. The summed E-state index contributed by atoms with van der Waals surface area (Å²) in [7, 11) is 0. The summed E-state index contributed by atoms with van der Waals surface area (Å²) >= 11 is 0. The van der Waals surface area contributed by atoms with Gasteiger partial charge in [0.2, 0.25) is 0 Å². The zero-order valence-electron chi connectivity index (χ0n) is 5.31. The van der Waals surface area contributed by atoms with Gasteiger partial charge in [-0.1, -0.05) is 0 Å². The first-order valence-corrected chi connectivity index (χ1v) is 2.73. The third-order valence-electron chi connectivity index (χ3n) is 1.25. The number of ketones is 1. The maximum absolute atomic E-state index is 10.4. The summed E-state index contributed by atoms with van der Waals surface area (Å²) < 4.78 is 0. The molecule has 0 aromatic heterocycles. The number of carbonyl (C=O) groups excluding carboxylic acids is 1. The van der Waals surface area contributed by atoms with E-state index in [9.17, 15) is 4.79 Å². The third-order valence-corrected chi connectivity index (χ3v) is 1.25. The van der Waals surface area contributed by atoms with Crippen molar-refractivity contribution in [1.29, 1.82) is 0 Å². The number of carbonyl (C=O) groups is 1. The molecule has 1 nitrogen and oxygen atoms in total. The van der Waals surface area contributed by atoms with E-state index < -0.39 is 0 Å². The largest absolute Gasteiger partial charge is 1.00 e. The first-order valence-electron chi connectivity index (χ1n) is 2.73. The van der Waals surface area contributed by atoms with Crippen LogP contribution in [0.2, 0.25) is 0 Å². The molecule has 0 aromatic carbocycles. The Balaban J connectivity index is 0.000000490. The van der Waals surface area contributed by atoms with E-state index in [-0.39, 0.29) is 58.2 Å². The Bertz CT molecular complexity index is 72.6. The van der Waals surface area contributed by atoms with E-state index in [2.05, 4.69) is 6.42 Å². The van der Waals surface area contributed by atoms with Crippen LogP contribution in [0.25, 0.3) is 0 Å². The zero-order valence-corrected chi connectivity index (χ0v) is 10.2. The Labute approximate surface area is 99.0 Å². The van der Waals surface area contributed by atoms with Crippen molar-refractivity contribution in [1.82, 2.24) is 0 Å². The van der Waals surface area contributed by atoms with E-state index in [1.165, 1.54) is 0 Å². The molecule has 0 amide bonds. The maximum Gasteiger partial charge on any atom is 1.00 e. The molecule has 0 heterocycles. The number of Topliss-reactive ketones (excluding diaryl/α,β-unsaturated/α-hetero) is 1. The predicted molar refractivity (Wildman–Crippen MR) is 27.8 cm³/mol. The molecule has 0 spiro atoms. The molecule has 0 bridgehead atoms. The molecule has 1 saturated carbocycles. The van der Waals surface area contributed by atoms with Crippen LogP contribution in [-0.2, 0) is 4.79 Å². The zero-order chi connectivity index (χ0) is 5.11. The van der Waals surface area contributed by atoms with Crippen molar-refractivity contribution in [3.8, 4) is 0 Å². The van der Waals surface area contributed by atoms with E-state index in [1.807, 2.05) is 0 Å². The first-order chi connectivity index (χ1) is 3.39. The van der Waals surface area contributed by atoms with Crippen molar-refractivity contribution in [2.24, 2.45) is 0 Å². The molecule has 0 N–H and O–H groups in total. The van der Waals surface area contributed by atoms with Crippen molar-refractivity contribution in [2.75, 3.05) is 0 Å². The molecule has 0 radical (unpaired) electrons. The molecule has 0 aromatic rings. The Morgan fingerprint density at radius 2 is 1.75 bits per heavy atom. The van der Waals surface area contributed by atoms with E-state index in [0.717, 1.165) is 25.7 Å². The van der Waals surface area contributed by atoms with Gasteiger partial charge in [-0.3, -0.25) is 4.79 Å². The molecule has 1 aliphatic carbocycles. The van der Waals surface area contributed by atoms with Gasteiger partial charge in [0.1, 0.15) is 5.78 Å². The van der Waals surface area contributed by atoms with E-state index in [0.29, 0.717) is 5.78 Å². The van der Waals surface area contributed by atoms with Crippen LogP contribution in [0.1, 0.15) is 25.7 Å². The van der Waals surface area contributed by atoms with Crippen molar-refractivity contribution in [3.05, 3.63) is 6.42 Å². The van der Waals surface area contributed by atoms with Gasteiger partial charge in [-0.15, -0.1) is 0 Å². The summed E-state index contributed by atoms with van der Waals surface area (Å²) in [5, 5.41) is 0. The van der Waals surface area contributed by atoms with E-state index in [4.69, 9.17) is 0 Å². The average molecular weight is 183 g/mol. The monoisotopic (exact) mass is 182 g/mol. The average Bonchev–Trinajstić information content (AvgIpc) is 1.69. The third kappa shape index (κ3) is 3.49. The van der Waals surface area contributed by atoms with Crippen LogP contribution in [0.15, 0.2) is 0 Å². The van der Waals surface area contributed by atoms with E-state index in [1.54, 1.807) is 0 Å². The number of rotatable bonds is 0. The normalized spacial score (nSPS) is 19.8. The molecule has 0 atom stereocenters. The molecular formula is C6H9ORb. The fourth-order valence-corrected chi connectivity index (χ4v) is 0.795. The van der Waals surface area contributed by atoms with Crippen molar-refractivity contribution in [3.63, 3.8) is 0 Å². The van der Waals surface area contributed by atoms with Crippen molar-refractivity contribution < 1.29 is 63.0 Å². The Morgan fingerprint density at radius 1 is 1.25 bits per heavy atom. The number of hydrogen-bond acceptors (Lipinski definition) is 1. The molecule has 1 fully saturated rings. The Kier molecular flexibility index (Phi) is 6.25. The minimum absolute atomic E-state index is 0. The van der Waals surface area contributed by atoms with Crippen LogP contribution in [0, 0.1) is 6.42 Å². The fourth-order valence-electron chi connectivity index (χ4n) is 0.795. The quantitative estimate of drug-likeness (QED) is 0.410. The molecule has 8 heavy (non-hydrogen) atoms. The van der Waals surface area contributed by atoms with Gasteiger partial charge in [-0.2, -0.15) is 12.8 Å². The molecule has 2 heteroatoms. The van der Waals surface area contributed by atoms with Gasteiger partial charge in [-0.25, -0.2) is 0 Å². The summed E-state index contributed by atoms with van der Waals surface area (Å²) in [6.07, 6.45) is 5.79. The van der Waals surface area contributed by atoms with Gasteiger partial charge < -0.3 is 6.42 Å². The minimum atomic E-state index is 0. The summed E-state index contributed by atoms with van der Waals surface area (Å²) in [6.45, 7) is 0. The molecular weight excluding hydrogens is 174 g/mol.